The van der Waals surface area contributed by atoms with Crippen LogP contribution in [0, 0.1) is 6.92 Å². The second-order valence-corrected chi connectivity index (χ2v) is 10.7. The van der Waals surface area contributed by atoms with Gasteiger partial charge in [-0.15, -0.1) is 0 Å². The van der Waals surface area contributed by atoms with Gasteiger partial charge >= 0.3 is 5.97 Å². The number of imide groups is 1. The molecule has 1 N–H and O–H groups in total. The predicted molar refractivity (Wildman–Crippen MR) is 174 cm³/mol. The van der Waals surface area contributed by atoms with Crippen molar-refractivity contribution in [3.05, 3.63) is 108 Å². The van der Waals surface area contributed by atoms with Crippen LogP contribution in [0.3, 0.4) is 0 Å². The smallest absolute Gasteiger partial charge is 0.335 e. The van der Waals surface area contributed by atoms with Crippen LogP contribution in [0.25, 0.3) is 23.3 Å². The van der Waals surface area contributed by atoms with Gasteiger partial charge < -0.3 is 19.3 Å². The van der Waals surface area contributed by atoms with E-state index in [-0.39, 0.29) is 24.0 Å². The fourth-order valence-corrected chi connectivity index (χ4v) is 4.65. The van der Waals surface area contributed by atoms with Crippen LogP contribution in [0.4, 0.5) is 0 Å². The molecule has 45 heavy (non-hydrogen) atoms. The van der Waals surface area contributed by atoms with Gasteiger partial charge in [-0.1, -0.05) is 61.2 Å². The third kappa shape index (κ3) is 10.0. The van der Waals surface area contributed by atoms with E-state index in [0.717, 1.165) is 46.6 Å². The normalized spacial score (nSPS) is 12.6. The molecule has 0 radical (unpaired) electrons. The van der Waals surface area contributed by atoms with Crippen molar-refractivity contribution in [2.75, 3.05) is 33.0 Å². The number of ether oxygens (including phenoxy) is 3. The van der Waals surface area contributed by atoms with E-state index in [1.165, 1.54) is 22.6 Å². The molecule has 8 nitrogen and oxygen atoms in total. The summed E-state index contributed by atoms with van der Waals surface area (Å²) in [6.07, 6.45) is 9.61. The largest absolute Gasteiger partial charge is 0.494 e. The molecule has 0 unspecified atom stereocenters. The Balaban J connectivity index is 1.18. The minimum atomic E-state index is -0.567. The maximum Gasteiger partial charge on any atom is 0.335 e. The quantitative estimate of drug-likeness (QED) is 0.0642. The van der Waals surface area contributed by atoms with Gasteiger partial charge in [-0.05, 0) is 84.7 Å². The molecule has 0 aliphatic carbocycles. The zero-order valence-corrected chi connectivity index (χ0v) is 25.6. The molecule has 0 saturated carbocycles. The maximum absolute atomic E-state index is 11.6. The summed E-state index contributed by atoms with van der Waals surface area (Å²) in [6.45, 7) is 6.85. The van der Waals surface area contributed by atoms with Gasteiger partial charge in [0.2, 0.25) is 0 Å². The first-order chi connectivity index (χ1) is 21.8. The molecule has 0 spiro atoms. The van der Waals surface area contributed by atoms with Crippen molar-refractivity contribution in [1.82, 2.24) is 4.90 Å². The molecule has 4 rings (SSSR count). The molecular formula is C37H39NO7. The number of amides is 2. The highest BCUT2D eigenvalue weighted by Crippen LogP contribution is 2.27. The Morgan fingerprint density at radius 3 is 1.96 bits per heavy atom. The number of carbonyl (C=O) groups excluding carboxylic acids is 3. The fourth-order valence-electron chi connectivity index (χ4n) is 4.65. The summed E-state index contributed by atoms with van der Waals surface area (Å²) in [5, 5.41) is 8.88. The summed E-state index contributed by atoms with van der Waals surface area (Å²) < 4.78 is 16.7. The third-order valence-corrected chi connectivity index (χ3v) is 7.23. The number of aliphatic hydroxyl groups excluding tert-OH is 1. The summed E-state index contributed by atoms with van der Waals surface area (Å²) >= 11 is 0. The van der Waals surface area contributed by atoms with E-state index in [4.69, 9.17) is 19.3 Å². The number of benzene rings is 3. The zero-order chi connectivity index (χ0) is 32.0. The lowest BCUT2D eigenvalue weighted by atomic mass is 9.98. The number of unbranched alkanes of at least 4 members (excludes halogenated alkanes) is 2. The Kier molecular flexibility index (Phi) is 12.3. The van der Waals surface area contributed by atoms with Crippen molar-refractivity contribution < 1.29 is 33.7 Å². The number of hydrogen-bond donors (Lipinski definition) is 1. The summed E-state index contributed by atoms with van der Waals surface area (Å²) in [5.41, 5.74) is 5.65. The second-order valence-electron chi connectivity index (χ2n) is 10.7. The highest BCUT2D eigenvalue weighted by atomic mass is 16.5. The molecule has 1 heterocycles. The predicted octanol–water partition coefficient (Wildman–Crippen LogP) is 6.17. The molecule has 0 fully saturated rings. The average molecular weight is 610 g/mol. The van der Waals surface area contributed by atoms with Gasteiger partial charge in [-0.25, -0.2) is 4.79 Å². The summed E-state index contributed by atoms with van der Waals surface area (Å²) in [7, 11) is 0. The van der Waals surface area contributed by atoms with Crippen LogP contribution in [-0.2, 0) is 19.1 Å². The van der Waals surface area contributed by atoms with Crippen molar-refractivity contribution in [2.45, 2.75) is 32.6 Å². The highest BCUT2D eigenvalue weighted by molar-refractivity contribution is 6.12. The highest BCUT2D eigenvalue weighted by Gasteiger charge is 2.22. The maximum atomic E-state index is 11.6. The SMILES string of the molecule is C=C(CO)C(=O)OCCCCOc1ccc(-c2ccc(/C=C/c3ccc(OCCCCN4C(=O)C=CC4=O)cc3)cc2C)cc1. The minimum Gasteiger partial charge on any atom is -0.494 e. The lowest BCUT2D eigenvalue weighted by Gasteiger charge is -2.13. The average Bonchev–Trinajstić information content (AvgIpc) is 3.38. The van der Waals surface area contributed by atoms with Crippen LogP contribution in [0.15, 0.2) is 91.0 Å². The number of rotatable bonds is 17. The molecule has 0 aromatic heterocycles. The van der Waals surface area contributed by atoms with E-state index in [1.807, 2.05) is 48.5 Å². The molecule has 0 bridgehead atoms. The van der Waals surface area contributed by atoms with Gasteiger partial charge in [0.05, 0.1) is 32.0 Å². The number of hydrogen-bond acceptors (Lipinski definition) is 7. The summed E-state index contributed by atoms with van der Waals surface area (Å²) in [5.74, 6) is 0.502. The Bertz CT molecular complexity index is 1520. The Morgan fingerprint density at radius 2 is 1.33 bits per heavy atom. The van der Waals surface area contributed by atoms with E-state index in [9.17, 15) is 14.4 Å². The second kappa shape index (κ2) is 16.8. The van der Waals surface area contributed by atoms with E-state index in [2.05, 4.69) is 43.9 Å². The van der Waals surface area contributed by atoms with E-state index in [1.54, 1.807) is 0 Å². The topological polar surface area (TPSA) is 102 Å². The molecular weight excluding hydrogens is 570 g/mol. The standard InChI is InChI=1S/C37H39NO7/c1-27-25-30(8-7-29-9-14-32(15-10-29)43-22-4-3-21-38-35(40)19-20-36(38)41)11-18-34(27)31-12-16-33(17-13-31)44-23-5-6-24-45-37(42)28(2)26-39/h7-20,25,39H,2-6,21-24,26H2,1H3/b8-7+. The first kappa shape index (κ1) is 33.0. The van der Waals surface area contributed by atoms with Crippen molar-refractivity contribution in [3.63, 3.8) is 0 Å². The van der Waals surface area contributed by atoms with E-state index < -0.39 is 12.6 Å². The van der Waals surface area contributed by atoms with Crippen molar-refractivity contribution in [1.29, 1.82) is 0 Å². The molecule has 0 saturated heterocycles. The summed E-state index contributed by atoms with van der Waals surface area (Å²) in [4.78, 5) is 35.9. The molecule has 8 heteroatoms. The number of carbonyl (C=O) groups is 3. The van der Waals surface area contributed by atoms with Gasteiger partial charge in [0, 0.05) is 18.7 Å². The van der Waals surface area contributed by atoms with Crippen LogP contribution in [0.5, 0.6) is 11.5 Å². The van der Waals surface area contributed by atoms with Gasteiger partial charge in [0.15, 0.2) is 0 Å². The third-order valence-electron chi connectivity index (χ3n) is 7.23. The van der Waals surface area contributed by atoms with Crippen LogP contribution < -0.4 is 9.47 Å². The van der Waals surface area contributed by atoms with Crippen molar-refractivity contribution in [3.8, 4) is 22.6 Å². The van der Waals surface area contributed by atoms with Crippen LogP contribution in [0.1, 0.15) is 42.4 Å². The number of nitrogens with zero attached hydrogens (tertiary/aromatic N) is 1. The van der Waals surface area contributed by atoms with Crippen LogP contribution in [0.2, 0.25) is 0 Å². The van der Waals surface area contributed by atoms with Gasteiger partial charge in [0.1, 0.15) is 11.5 Å². The summed E-state index contributed by atoms with van der Waals surface area (Å²) in [6, 6.07) is 22.3. The lowest BCUT2D eigenvalue weighted by molar-refractivity contribution is -0.140. The fraction of sp³-hybridized carbons (Fsp3) is 0.270. The molecule has 0 atom stereocenters. The van der Waals surface area contributed by atoms with Crippen molar-refractivity contribution >= 4 is 29.9 Å². The van der Waals surface area contributed by atoms with Gasteiger partial charge in [-0.3, -0.25) is 14.5 Å². The molecule has 234 valence electrons. The monoisotopic (exact) mass is 609 g/mol. The Morgan fingerprint density at radius 1 is 0.778 bits per heavy atom. The Hall–Kier alpha value is -4.95. The van der Waals surface area contributed by atoms with E-state index >= 15 is 0 Å². The molecule has 2 amide bonds. The van der Waals surface area contributed by atoms with Crippen LogP contribution >= 0.6 is 0 Å². The van der Waals surface area contributed by atoms with Gasteiger partial charge in [-0.2, -0.15) is 0 Å². The van der Waals surface area contributed by atoms with Crippen molar-refractivity contribution in [2.24, 2.45) is 0 Å². The molecule has 3 aromatic carbocycles. The first-order valence-electron chi connectivity index (χ1n) is 15.1. The molecule has 1 aliphatic heterocycles. The van der Waals surface area contributed by atoms with E-state index in [0.29, 0.717) is 32.6 Å². The molecule has 1 aliphatic rings. The zero-order valence-electron chi connectivity index (χ0n) is 25.6. The number of esters is 1. The number of aliphatic hydroxyl groups is 1. The Labute approximate surface area is 264 Å². The number of aryl methyl sites for hydroxylation is 1. The lowest BCUT2D eigenvalue weighted by Crippen LogP contribution is -2.31. The van der Waals surface area contributed by atoms with Gasteiger partial charge in [0.25, 0.3) is 11.8 Å². The first-order valence-corrected chi connectivity index (χ1v) is 15.1. The molecule has 3 aromatic rings. The minimum absolute atomic E-state index is 0.0546. The van der Waals surface area contributed by atoms with Crippen LogP contribution in [-0.4, -0.2) is 60.8 Å².